The molecule has 1 heterocycles. The number of benzene rings is 1. The lowest BCUT2D eigenvalue weighted by atomic mass is 10.1. The summed E-state index contributed by atoms with van der Waals surface area (Å²) in [6, 6.07) is 5.16. The number of hydrogen-bond acceptors (Lipinski definition) is 5. The molecule has 0 aliphatic carbocycles. The van der Waals surface area contributed by atoms with Crippen LogP contribution in [0.3, 0.4) is 0 Å². The zero-order valence-electron chi connectivity index (χ0n) is 13.5. The molecule has 24 heavy (non-hydrogen) atoms. The van der Waals surface area contributed by atoms with Gasteiger partial charge in [-0.3, -0.25) is 19.8 Å². The van der Waals surface area contributed by atoms with E-state index in [9.17, 15) is 9.59 Å². The van der Waals surface area contributed by atoms with E-state index >= 15 is 0 Å². The molecule has 0 bridgehead atoms. The number of nitrogens with one attached hydrogen (secondary N) is 1. The minimum atomic E-state index is -0.529. The molecule has 2 rings (SSSR count). The van der Waals surface area contributed by atoms with E-state index in [4.69, 9.17) is 21.7 Å². The lowest BCUT2D eigenvalue weighted by molar-refractivity contribution is -0.128. The molecular weight excluding hydrogens is 328 g/mol. The number of rotatable bonds is 6. The number of ether oxygens (including phenoxy) is 2. The predicted molar refractivity (Wildman–Crippen MR) is 94.8 cm³/mol. The van der Waals surface area contributed by atoms with E-state index in [0.717, 1.165) is 0 Å². The van der Waals surface area contributed by atoms with Gasteiger partial charge in [0, 0.05) is 6.54 Å². The molecule has 1 aliphatic heterocycles. The van der Waals surface area contributed by atoms with Crippen LogP contribution in [0.1, 0.15) is 12.5 Å². The maximum absolute atomic E-state index is 12.5. The molecule has 1 fully saturated rings. The topological polar surface area (TPSA) is 67.9 Å². The van der Waals surface area contributed by atoms with Crippen molar-refractivity contribution >= 4 is 35.2 Å². The summed E-state index contributed by atoms with van der Waals surface area (Å²) in [7, 11) is 1.54. The van der Waals surface area contributed by atoms with Crippen LogP contribution in [-0.4, -0.2) is 42.1 Å². The Morgan fingerprint density at radius 3 is 2.71 bits per heavy atom. The Kier molecular flexibility index (Phi) is 5.70. The van der Waals surface area contributed by atoms with Crippen molar-refractivity contribution in [2.75, 3.05) is 20.3 Å². The fraction of sp³-hybridized carbons (Fsp3) is 0.235. The zero-order chi connectivity index (χ0) is 17.7. The Hall–Kier alpha value is -2.67. The molecule has 6 nitrogen and oxygen atoms in total. The monoisotopic (exact) mass is 346 g/mol. The van der Waals surface area contributed by atoms with Gasteiger partial charge >= 0.3 is 0 Å². The van der Waals surface area contributed by atoms with E-state index in [0.29, 0.717) is 23.7 Å². The summed E-state index contributed by atoms with van der Waals surface area (Å²) in [5.41, 5.74) is 0.641. The van der Waals surface area contributed by atoms with Gasteiger partial charge < -0.3 is 9.47 Å². The number of thiocarbonyl (C=S) groups is 1. The number of nitrogens with zero attached hydrogens (tertiary/aromatic N) is 1. The largest absolute Gasteiger partial charge is 0.493 e. The smallest absolute Gasteiger partial charge is 0.265 e. The molecule has 0 atom stereocenters. The molecule has 0 aromatic heterocycles. The average Bonchev–Trinajstić information content (AvgIpc) is 2.56. The Morgan fingerprint density at radius 2 is 2.08 bits per heavy atom. The number of carbonyl (C=O) groups excluding carboxylic acids is 2. The Bertz CT molecular complexity index is 727. The number of amides is 2. The molecule has 1 aliphatic rings. The van der Waals surface area contributed by atoms with Crippen LogP contribution in [-0.2, 0) is 9.59 Å². The van der Waals surface area contributed by atoms with Gasteiger partial charge in [0.15, 0.2) is 16.6 Å². The molecule has 1 aromatic carbocycles. The van der Waals surface area contributed by atoms with Gasteiger partial charge in [-0.2, -0.15) is 0 Å². The first-order valence-electron chi connectivity index (χ1n) is 7.32. The van der Waals surface area contributed by atoms with Gasteiger partial charge in [-0.05, 0) is 42.9 Å². The van der Waals surface area contributed by atoms with Crippen LogP contribution >= 0.6 is 12.2 Å². The van der Waals surface area contributed by atoms with Crippen molar-refractivity contribution in [2.24, 2.45) is 0 Å². The third-order valence-corrected chi connectivity index (χ3v) is 3.62. The van der Waals surface area contributed by atoms with Crippen LogP contribution in [0.15, 0.2) is 36.4 Å². The van der Waals surface area contributed by atoms with Crippen LogP contribution in [0.4, 0.5) is 0 Å². The van der Waals surface area contributed by atoms with E-state index in [1.54, 1.807) is 31.4 Å². The number of hydrogen-bond donors (Lipinski definition) is 1. The van der Waals surface area contributed by atoms with Crippen molar-refractivity contribution < 1.29 is 19.1 Å². The summed E-state index contributed by atoms with van der Waals surface area (Å²) in [5.74, 6) is 0.126. The highest BCUT2D eigenvalue weighted by Gasteiger charge is 2.32. The summed E-state index contributed by atoms with van der Waals surface area (Å²) in [5, 5.41) is 2.58. The Labute approximate surface area is 145 Å². The standard InChI is InChI=1S/C17H18N2O4S/c1-4-8-19-16(21)12(15(20)18-17(19)24)9-11-6-7-13(22-3)14(10-11)23-5-2/h4,6-7,9-10H,1,5,8H2,2-3H3,(H,18,20,24)/b12-9+. The van der Waals surface area contributed by atoms with Crippen LogP contribution < -0.4 is 14.8 Å². The molecular formula is C17H18N2O4S. The highest BCUT2D eigenvalue weighted by Crippen LogP contribution is 2.29. The molecule has 0 spiro atoms. The quantitative estimate of drug-likeness (QED) is 0.369. The third-order valence-electron chi connectivity index (χ3n) is 3.30. The molecule has 1 aromatic rings. The Morgan fingerprint density at radius 1 is 1.33 bits per heavy atom. The van der Waals surface area contributed by atoms with Crippen LogP contribution in [0.5, 0.6) is 11.5 Å². The Balaban J connectivity index is 2.39. The van der Waals surface area contributed by atoms with E-state index < -0.39 is 11.8 Å². The second kappa shape index (κ2) is 7.74. The highest BCUT2D eigenvalue weighted by atomic mass is 32.1. The molecule has 1 saturated heterocycles. The first-order chi connectivity index (χ1) is 11.5. The lowest BCUT2D eigenvalue weighted by Crippen LogP contribution is -2.53. The maximum Gasteiger partial charge on any atom is 0.265 e. The van der Waals surface area contributed by atoms with Gasteiger partial charge in [0.05, 0.1) is 13.7 Å². The SMILES string of the molecule is C=CCN1C(=O)/C(=C/c2ccc(OC)c(OCC)c2)C(=O)NC1=S. The molecule has 0 radical (unpaired) electrons. The molecule has 1 N–H and O–H groups in total. The maximum atomic E-state index is 12.5. The van der Waals surface area contributed by atoms with Crippen LogP contribution in [0, 0.1) is 0 Å². The normalized spacial score (nSPS) is 16.2. The third kappa shape index (κ3) is 3.62. The molecule has 7 heteroatoms. The van der Waals surface area contributed by atoms with E-state index in [-0.39, 0.29) is 17.2 Å². The van der Waals surface area contributed by atoms with Crippen molar-refractivity contribution in [3.63, 3.8) is 0 Å². The first-order valence-corrected chi connectivity index (χ1v) is 7.73. The summed E-state index contributed by atoms with van der Waals surface area (Å²) < 4.78 is 10.7. The van der Waals surface area contributed by atoms with Gasteiger partial charge in [0.2, 0.25) is 0 Å². The van der Waals surface area contributed by atoms with Crippen LogP contribution in [0.2, 0.25) is 0 Å². The van der Waals surface area contributed by atoms with Crippen molar-refractivity contribution in [1.82, 2.24) is 10.2 Å². The first kappa shape index (κ1) is 17.7. The van der Waals surface area contributed by atoms with Crippen molar-refractivity contribution in [3.05, 3.63) is 42.0 Å². The predicted octanol–water partition coefficient (Wildman–Crippen LogP) is 1.91. The van der Waals surface area contributed by atoms with Gasteiger partial charge in [-0.15, -0.1) is 6.58 Å². The molecule has 0 unspecified atom stereocenters. The summed E-state index contributed by atoms with van der Waals surface area (Å²) in [6.45, 7) is 6.14. The average molecular weight is 346 g/mol. The second-order valence-corrected chi connectivity index (χ2v) is 5.25. The number of methoxy groups -OCH3 is 1. The molecule has 0 saturated carbocycles. The van der Waals surface area contributed by atoms with Gasteiger partial charge in [0.25, 0.3) is 11.8 Å². The van der Waals surface area contributed by atoms with Gasteiger partial charge in [-0.25, -0.2) is 0 Å². The summed E-state index contributed by atoms with van der Waals surface area (Å²) in [4.78, 5) is 25.9. The van der Waals surface area contributed by atoms with Crippen molar-refractivity contribution in [3.8, 4) is 11.5 Å². The summed E-state index contributed by atoms with van der Waals surface area (Å²) in [6.07, 6.45) is 3.04. The zero-order valence-corrected chi connectivity index (χ0v) is 14.3. The lowest BCUT2D eigenvalue weighted by Gasteiger charge is -2.27. The van der Waals surface area contributed by atoms with E-state index in [1.165, 1.54) is 11.0 Å². The van der Waals surface area contributed by atoms with Crippen molar-refractivity contribution in [1.29, 1.82) is 0 Å². The van der Waals surface area contributed by atoms with E-state index in [2.05, 4.69) is 11.9 Å². The van der Waals surface area contributed by atoms with Gasteiger partial charge in [-0.1, -0.05) is 12.1 Å². The van der Waals surface area contributed by atoms with E-state index in [1.807, 2.05) is 6.92 Å². The number of carbonyl (C=O) groups is 2. The summed E-state index contributed by atoms with van der Waals surface area (Å²) >= 11 is 5.01. The minimum Gasteiger partial charge on any atom is -0.493 e. The second-order valence-electron chi connectivity index (χ2n) is 4.87. The van der Waals surface area contributed by atoms with Gasteiger partial charge in [0.1, 0.15) is 5.57 Å². The highest BCUT2D eigenvalue weighted by molar-refractivity contribution is 7.80. The molecule has 126 valence electrons. The minimum absolute atomic E-state index is 0.00179. The fourth-order valence-corrected chi connectivity index (χ4v) is 2.46. The molecule has 2 amide bonds. The van der Waals surface area contributed by atoms with Crippen LogP contribution in [0.25, 0.3) is 6.08 Å². The van der Waals surface area contributed by atoms with Crippen molar-refractivity contribution in [2.45, 2.75) is 6.92 Å². The fourth-order valence-electron chi connectivity index (χ4n) is 2.21.